The maximum atomic E-state index is 12.0. The molecule has 0 heterocycles. The lowest BCUT2D eigenvalue weighted by Crippen LogP contribution is -2.26. The molecule has 1 rings (SSSR count). The Balaban J connectivity index is 2.65. The summed E-state index contributed by atoms with van der Waals surface area (Å²) in [6, 6.07) is 7.84. The van der Waals surface area contributed by atoms with Crippen molar-refractivity contribution in [2.75, 3.05) is 5.32 Å². The van der Waals surface area contributed by atoms with Gasteiger partial charge in [0.15, 0.2) is 0 Å². The molecule has 0 aliphatic heterocycles. The molecule has 1 atom stereocenters. The second kappa shape index (κ2) is 8.51. The minimum absolute atomic E-state index is 0.108. The van der Waals surface area contributed by atoms with Crippen LogP contribution in [0.25, 0.3) is 0 Å². The first-order chi connectivity index (χ1) is 9.56. The van der Waals surface area contributed by atoms with Gasteiger partial charge in [-0.15, -0.1) is 0 Å². The Labute approximate surface area is 121 Å². The summed E-state index contributed by atoms with van der Waals surface area (Å²) in [5.41, 5.74) is 1.98. The topological polar surface area (TPSA) is 46.2 Å². The van der Waals surface area contributed by atoms with Gasteiger partial charge < -0.3 is 5.32 Å². The molecule has 0 spiro atoms. The van der Waals surface area contributed by atoms with Crippen molar-refractivity contribution in [1.82, 2.24) is 0 Å². The van der Waals surface area contributed by atoms with Crippen LogP contribution in [-0.2, 0) is 16.0 Å². The normalized spacial score (nSPS) is 11.9. The predicted molar refractivity (Wildman–Crippen MR) is 82.8 cm³/mol. The number of amides is 1. The van der Waals surface area contributed by atoms with Gasteiger partial charge in [0.25, 0.3) is 0 Å². The average molecular weight is 275 g/mol. The van der Waals surface area contributed by atoms with Crippen molar-refractivity contribution in [3.63, 3.8) is 0 Å². The summed E-state index contributed by atoms with van der Waals surface area (Å²) in [6.45, 7) is 5.28. The van der Waals surface area contributed by atoms with Crippen molar-refractivity contribution >= 4 is 17.4 Å². The fourth-order valence-corrected chi connectivity index (χ4v) is 2.03. The number of ketones is 1. The van der Waals surface area contributed by atoms with E-state index in [0.717, 1.165) is 24.1 Å². The molecule has 0 saturated carbocycles. The molecule has 0 fully saturated rings. The molecule has 1 aromatic rings. The van der Waals surface area contributed by atoms with Crippen LogP contribution in [0.3, 0.4) is 0 Å². The summed E-state index contributed by atoms with van der Waals surface area (Å²) >= 11 is 0. The van der Waals surface area contributed by atoms with E-state index in [2.05, 4.69) is 12.2 Å². The summed E-state index contributed by atoms with van der Waals surface area (Å²) in [7, 11) is 0. The van der Waals surface area contributed by atoms with Crippen LogP contribution >= 0.6 is 0 Å². The number of benzene rings is 1. The monoisotopic (exact) mass is 275 g/mol. The van der Waals surface area contributed by atoms with Crippen LogP contribution in [0.4, 0.5) is 5.69 Å². The van der Waals surface area contributed by atoms with Gasteiger partial charge in [0.2, 0.25) is 5.91 Å². The minimum atomic E-state index is -0.594. The van der Waals surface area contributed by atoms with Crippen LogP contribution in [0.1, 0.15) is 52.0 Å². The largest absolute Gasteiger partial charge is 0.325 e. The Morgan fingerprint density at radius 3 is 2.50 bits per heavy atom. The van der Waals surface area contributed by atoms with E-state index in [1.165, 1.54) is 26.2 Å². The standard InChI is InChI=1S/C17H25NO2/c1-4-5-6-7-10-15-11-8-9-12-16(15)18-17(20)13(2)14(3)19/h8-9,11-13H,4-7,10H2,1-3H3,(H,18,20). The van der Waals surface area contributed by atoms with E-state index >= 15 is 0 Å². The summed E-state index contributed by atoms with van der Waals surface area (Å²) < 4.78 is 0. The number of hydrogen-bond donors (Lipinski definition) is 1. The third-order valence-electron chi connectivity index (χ3n) is 3.58. The maximum absolute atomic E-state index is 12.0. The average Bonchev–Trinajstić information content (AvgIpc) is 2.44. The highest BCUT2D eigenvalue weighted by Crippen LogP contribution is 2.19. The molecule has 3 nitrogen and oxygen atoms in total. The van der Waals surface area contributed by atoms with Crippen molar-refractivity contribution in [2.45, 2.75) is 52.9 Å². The van der Waals surface area contributed by atoms with Gasteiger partial charge in [0, 0.05) is 5.69 Å². The van der Waals surface area contributed by atoms with Crippen molar-refractivity contribution < 1.29 is 9.59 Å². The number of unbranched alkanes of at least 4 members (excludes halogenated alkanes) is 3. The molecule has 1 aromatic carbocycles. The van der Waals surface area contributed by atoms with E-state index in [1.54, 1.807) is 6.92 Å². The smallest absolute Gasteiger partial charge is 0.234 e. The lowest BCUT2D eigenvalue weighted by molar-refractivity contribution is -0.129. The van der Waals surface area contributed by atoms with Crippen LogP contribution in [0, 0.1) is 5.92 Å². The predicted octanol–water partition coefficient (Wildman–Crippen LogP) is 3.97. The van der Waals surface area contributed by atoms with E-state index in [9.17, 15) is 9.59 Å². The van der Waals surface area contributed by atoms with Crippen molar-refractivity contribution in [3.05, 3.63) is 29.8 Å². The number of rotatable bonds is 8. The Morgan fingerprint density at radius 1 is 1.15 bits per heavy atom. The highest BCUT2D eigenvalue weighted by atomic mass is 16.2. The zero-order valence-electron chi connectivity index (χ0n) is 12.7. The molecule has 1 N–H and O–H groups in total. The van der Waals surface area contributed by atoms with Gasteiger partial charge in [-0.3, -0.25) is 9.59 Å². The molecule has 0 aliphatic carbocycles. The number of hydrogen-bond acceptors (Lipinski definition) is 2. The SMILES string of the molecule is CCCCCCc1ccccc1NC(=O)C(C)C(C)=O. The van der Waals surface area contributed by atoms with Crippen molar-refractivity contribution in [3.8, 4) is 0 Å². The third-order valence-corrected chi connectivity index (χ3v) is 3.58. The Morgan fingerprint density at radius 2 is 1.85 bits per heavy atom. The van der Waals surface area contributed by atoms with Gasteiger partial charge in [0.05, 0.1) is 5.92 Å². The first-order valence-corrected chi connectivity index (χ1v) is 7.45. The molecule has 0 aliphatic rings. The number of Topliss-reactive ketones (excluding diaryl/α,β-unsaturated/α-hetero) is 1. The second-order valence-electron chi connectivity index (χ2n) is 5.29. The first kappa shape index (κ1) is 16.4. The van der Waals surface area contributed by atoms with Crippen LogP contribution in [0.2, 0.25) is 0 Å². The number of carbonyl (C=O) groups excluding carboxylic acids is 2. The zero-order valence-corrected chi connectivity index (χ0v) is 12.7. The number of carbonyl (C=O) groups is 2. The third kappa shape index (κ3) is 5.16. The fourth-order valence-electron chi connectivity index (χ4n) is 2.03. The quantitative estimate of drug-likeness (QED) is 0.576. The molecule has 3 heteroatoms. The van der Waals surface area contributed by atoms with E-state index in [4.69, 9.17) is 0 Å². The van der Waals surface area contributed by atoms with Gasteiger partial charge in [0.1, 0.15) is 5.78 Å². The Bertz CT molecular complexity index is 454. The maximum Gasteiger partial charge on any atom is 0.234 e. The second-order valence-corrected chi connectivity index (χ2v) is 5.29. The number of para-hydroxylation sites is 1. The molecule has 1 amide bonds. The number of nitrogens with one attached hydrogen (secondary N) is 1. The fraction of sp³-hybridized carbons (Fsp3) is 0.529. The summed E-state index contributed by atoms with van der Waals surface area (Å²) in [5.74, 6) is -0.926. The molecular weight excluding hydrogens is 250 g/mol. The van der Waals surface area contributed by atoms with Gasteiger partial charge in [-0.1, -0.05) is 44.4 Å². The number of anilines is 1. The van der Waals surface area contributed by atoms with E-state index in [-0.39, 0.29) is 11.7 Å². The molecule has 20 heavy (non-hydrogen) atoms. The lowest BCUT2D eigenvalue weighted by atomic mass is 10.0. The highest BCUT2D eigenvalue weighted by molar-refractivity contribution is 6.06. The molecule has 110 valence electrons. The Kier molecular flexibility index (Phi) is 6.99. The van der Waals surface area contributed by atoms with Crippen molar-refractivity contribution in [2.24, 2.45) is 5.92 Å². The molecule has 0 saturated heterocycles. The Hall–Kier alpha value is -1.64. The molecule has 0 aromatic heterocycles. The number of aryl methyl sites for hydroxylation is 1. The highest BCUT2D eigenvalue weighted by Gasteiger charge is 2.18. The zero-order chi connectivity index (χ0) is 15.0. The molecular formula is C17H25NO2. The summed E-state index contributed by atoms with van der Waals surface area (Å²) in [4.78, 5) is 23.2. The van der Waals surface area contributed by atoms with Crippen LogP contribution < -0.4 is 5.32 Å². The van der Waals surface area contributed by atoms with Crippen LogP contribution in [0.15, 0.2) is 24.3 Å². The van der Waals surface area contributed by atoms with Gasteiger partial charge >= 0.3 is 0 Å². The van der Waals surface area contributed by atoms with Crippen LogP contribution in [0.5, 0.6) is 0 Å². The van der Waals surface area contributed by atoms with Gasteiger partial charge in [-0.25, -0.2) is 0 Å². The van der Waals surface area contributed by atoms with Crippen molar-refractivity contribution in [1.29, 1.82) is 0 Å². The summed E-state index contributed by atoms with van der Waals surface area (Å²) in [6.07, 6.45) is 5.76. The lowest BCUT2D eigenvalue weighted by Gasteiger charge is -2.13. The molecule has 0 radical (unpaired) electrons. The van der Waals surface area contributed by atoms with E-state index in [1.807, 2.05) is 24.3 Å². The van der Waals surface area contributed by atoms with E-state index < -0.39 is 5.92 Å². The van der Waals surface area contributed by atoms with Gasteiger partial charge in [-0.05, 0) is 38.3 Å². The molecule has 1 unspecified atom stereocenters. The summed E-state index contributed by atoms with van der Waals surface area (Å²) in [5, 5.41) is 2.87. The van der Waals surface area contributed by atoms with E-state index in [0.29, 0.717) is 0 Å². The minimum Gasteiger partial charge on any atom is -0.325 e. The van der Waals surface area contributed by atoms with Crippen LogP contribution in [-0.4, -0.2) is 11.7 Å². The first-order valence-electron chi connectivity index (χ1n) is 7.45. The van der Waals surface area contributed by atoms with Gasteiger partial charge in [-0.2, -0.15) is 0 Å². The molecule has 0 bridgehead atoms.